The van der Waals surface area contributed by atoms with Crippen LogP contribution in [0.5, 0.6) is 46.0 Å². The summed E-state index contributed by atoms with van der Waals surface area (Å²) in [4.78, 5) is 133. The van der Waals surface area contributed by atoms with Gasteiger partial charge in [-0.15, -0.1) is 0 Å². The van der Waals surface area contributed by atoms with E-state index in [-0.39, 0.29) is 65.1 Å². The zero-order valence-electron chi connectivity index (χ0n) is 61.6. The van der Waals surface area contributed by atoms with Crippen LogP contribution < -0.4 is 67.8 Å². The molecule has 115 heavy (non-hydrogen) atoms. The maximum atomic E-state index is 16.1. The fourth-order valence-electron chi connectivity index (χ4n) is 13.7. The second kappa shape index (κ2) is 35.6. The summed E-state index contributed by atoms with van der Waals surface area (Å²) in [5, 5.41) is 126. The number of rotatable bonds is 18. The summed E-state index contributed by atoms with van der Waals surface area (Å²) in [6.45, 7) is 2.48. The monoisotopic (exact) mass is 1620 g/mol. The Hall–Kier alpha value is -12.0. The molecule has 6 aliphatic heterocycles. The molecule has 14 unspecified atom stereocenters. The van der Waals surface area contributed by atoms with Gasteiger partial charge in [-0.1, -0.05) is 122 Å². The lowest BCUT2D eigenvalue weighted by atomic mass is 9.89. The molecule has 14 atom stereocenters. The Morgan fingerprint density at radius 3 is 1.75 bits per heavy atom. The molecule has 32 nitrogen and oxygen atoms in total. The van der Waals surface area contributed by atoms with Gasteiger partial charge < -0.3 is 118 Å². The van der Waals surface area contributed by atoms with Gasteiger partial charge in [0.2, 0.25) is 59.3 Å². The van der Waals surface area contributed by atoms with E-state index in [0.29, 0.717) is 5.56 Å². The molecule has 8 aromatic rings. The van der Waals surface area contributed by atoms with Gasteiger partial charge in [0.05, 0.1) is 29.1 Å². The quantitative estimate of drug-likeness (QED) is 0.0539. The summed E-state index contributed by atoms with van der Waals surface area (Å²) in [6.07, 6.45) is -14.9. The predicted octanol–water partition coefficient (Wildman–Crippen LogP) is 4.05. The Morgan fingerprint density at radius 2 is 1.15 bits per heavy atom. The average Bonchev–Trinajstić information content (AvgIpc) is 0.765. The number of carbonyl (C=O) groups is 9. The van der Waals surface area contributed by atoms with Crippen molar-refractivity contribution in [3.05, 3.63) is 201 Å². The number of fused-ring (bicyclic) bond motifs is 15. The normalized spacial score (nSPS) is 23.1. The second-order valence-corrected chi connectivity index (χ2v) is 29.1. The molecule has 34 heteroatoms. The van der Waals surface area contributed by atoms with Crippen molar-refractivity contribution in [2.45, 2.75) is 118 Å². The lowest BCUT2D eigenvalue weighted by Crippen LogP contribution is -2.60. The summed E-state index contributed by atoms with van der Waals surface area (Å²) in [5.41, 5.74) is 7.47. The Kier molecular flexibility index (Phi) is 25.6. The van der Waals surface area contributed by atoms with E-state index in [2.05, 4.69) is 47.9 Å². The van der Waals surface area contributed by atoms with Gasteiger partial charge in [-0.3, -0.25) is 43.2 Å². The molecule has 1 saturated heterocycles. The largest absolute Gasteiger partial charge is 0.508 e. The summed E-state index contributed by atoms with van der Waals surface area (Å²) in [6, 6.07) is 24.8. The number of halogens is 2. The van der Waals surface area contributed by atoms with E-state index >= 15 is 19.2 Å². The molecule has 0 radical (unpaired) electrons. The van der Waals surface area contributed by atoms with Crippen molar-refractivity contribution in [1.82, 2.24) is 47.9 Å². The molecule has 8 aromatic carbocycles. The number of benzene rings is 8. The number of likely N-dealkylation sites (N-methyl/N-ethyl adjacent to an activating group) is 1. The molecule has 6 aliphatic rings. The van der Waals surface area contributed by atoms with E-state index in [4.69, 9.17) is 47.9 Å². The number of nitrogens with two attached hydrogens (primary N) is 1. The van der Waals surface area contributed by atoms with Crippen LogP contribution in [-0.2, 0) is 43.1 Å². The molecule has 11 bridgehead atoms. The van der Waals surface area contributed by atoms with Gasteiger partial charge in [0.15, 0.2) is 11.5 Å². The average molecular weight is 1620 g/mol. The highest BCUT2D eigenvalue weighted by atomic mass is 35.5. The van der Waals surface area contributed by atoms with E-state index in [1.54, 1.807) is 24.3 Å². The van der Waals surface area contributed by atoms with Gasteiger partial charge >= 0.3 is 0 Å². The van der Waals surface area contributed by atoms with Crippen LogP contribution in [0, 0.1) is 5.92 Å². The summed E-state index contributed by atoms with van der Waals surface area (Å²) in [7, 11) is 1.48. The third-order valence-corrected chi connectivity index (χ3v) is 20.4. The van der Waals surface area contributed by atoms with E-state index < -0.39 is 213 Å². The lowest BCUT2D eigenvalue weighted by Gasteiger charge is -2.39. The molecule has 0 spiro atoms. The first kappa shape index (κ1) is 82.5. The number of nitrogens with one attached hydrogen (secondary N) is 9. The van der Waals surface area contributed by atoms with Crippen LogP contribution in [0.25, 0.3) is 33.4 Å². The van der Waals surface area contributed by atoms with Crippen LogP contribution in [-0.4, -0.2) is 181 Å². The number of phenols is 3. The van der Waals surface area contributed by atoms with Crippen molar-refractivity contribution in [3.8, 4) is 79.4 Å². The Bertz CT molecular complexity index is 5040. The zero-order chi connectivity index (χ0) is 82.4. The number of hydrogen-bond acceptors (Lipinski definition) is 23. The molecule has 0 aromatic heterocycles. The fraction of sp³-hybridized carbons (Fsp3) is 0.296. The molecule has 0 aliphatic carbocycles. The highest BCUT2D eigenvalue weighted by molar-refractivity contribution is 6.32. The smallest absolute Gasteiger partial charge is 0.251 e. The Morgan fingerprint density at radius 1 is 0.574 bits per heavy atom. The van der Waals surface area contributed by atoms with Crippen LogP contribution in [0.15, 0.2) is 158 Å². The van der Waals surface area contributed by atoms with E-state index in [1.807, 2.05) is 68.4 Å². The molecule has 9 amide bonds. The third-order valence-electron chi connectivity index (χ3n) is 19.8. The summed E-state index contributed by atoms with van der Waals surface area (Å²) in [5.74, 6) is -15.3. The first-order valence-electron chi connectivity index (χ1n) is 36.4. The van der Waals surface area contributed by atoms with E-state index in [9.17, 15) is 69.9 Å². The number of aliphatic hydroxyl groups excluding tert-OH is 6. The molecule has 6 heterocycles. The Balaban J connectivity index is 0.945. The predicted molar refractivity (Wildman–Crippen MR) is 413 cm³/mol. The van der Waals surface area contributed by atoms with Crippen molar-refractivity contribution in [3.63, 3.8) is 0 Å². The number of primary amides is 1. The summed E-state index contributed by atoms with van der Waals surface area (Å²) >= 11 is 14.1. The van der Waals surface area contributed by atoms with Crippen molar-refractivity contribution in [1.29, 1.82) is 0 Å². The maximum Gasteiger partial charge on any atom is 0.251 e. The number of amides is 9. The van der Waals surface area contributed by atoms with Crippen LogP contribution in [0.2, 0.25) is 10.0 Å². The molecular weight excluding hydrogens is 1540 g/mol. The van der Waals surface area contributed by atoms with Gasteiger partial charge in [-0.25, -0.2) is 0 Å². The zero-order valence-corrected chi connectivity index (χ0v) is 63.1. The minimum atomic E-state index is -2.33. The van der Waals surface area contributed by atoms with Crippen LogP contribution in [0.4, 0.5) is 0 Å². The topological polar surface area (TPSA) is 507 Å². The molecule has 1 fully saturated rings. The highest BCUT2D eigenvalue weighted by Crippen LogP contribution is 2.50. The molecule has 602 valence electrons. The van der Waals surface area contributed by atoms with Crippen LogP contribution in [0.3, 0.4) is 0 Å². The third kappa shape index (κ3) is 18.5. The Labute approximate surface area is 666 Å². The summed E-state index contributed by atoms with van der Waals surface area (Å²) < 4.78 is 25.1. The SMILES string of the molecule is CNC(CC(C)C)C(=O)NC1C(=O)NC(CC(N)=O)C(=O)NC2C(=O)NC3C(=O)NC(C(=O)NC(C(=O)NCCCNC(=O)c4ccc(-c5ccc(-c6ccccc6)cc5)cc4)c4cc(O)cc(O)c4-c4cc3ccc4O)C(O)c3ccc(c(Cl)c3)Oc3cc2cc(c3OC2OC(CO)C(O)C(O)C2O)Oc2ccc(cc2Cl)C1O. The number of aliphatic hydroxyl groups is 6. The van der Waals surface area contributed by atoms with E-state index in [0.717, 1.165) is 82.9 Å². The lowest BCUT2D eigenvalue weighted by molar-refractivity contribution is -0.277. The standard InChI is InChI=1S/C81H82Cl2N10O22/c1-36(2)26-51(85-3)74(105)92-65-67(99)43-19-22-55(49(82)28-43)112-57-30-45-31-58(72(57)115-81-71(103)70(102)69(101)59(35-94)114-81)113-56-23-20-44(29-50(56)83)68(100)66-80(111)91-64(76(107)87-25-7-24-86-73(104)41-16-14-40(15-17-41)39-12-10-38(11-13-39)37-8-5-4-6-9-37)48-32-46(95)33-54(97)61(48)47-27-42(18-21-53(47)96)62(77(108)93-66)90-78(109)63(45)89-75(106)52(34-60(84)98)88-79(65)110/h4-6,8-23,27-33,36,51-52,59,62-71,81,85,94-97,99-103H,7,24-26,34-35H2,1-3H3,(H2,84,98)(H,86,104)(H,87,107)(H,88,110)(H,89,106)(H,90,109)(H,91,111)(H,92,105)(H,93,108). The van der Waals surface area contributed by atoms with Crippen molar-refractivity contribution in [2.24, 2.45) is 11.7 Å². The molecule has 14 rings (SSSR count). The minimum Gasteiger partial charge on any atom is -0.508 e. The van der Waals surface area contributed by atoms with Gasteiger partial charge in [-0.2, -0.15) is 0 Å². The van der Waals surface area contributed by atoms with Gasteiger partial charge in [0.1, 0.15) is 102 Å². The number of phenolic OH excluding ortho intramolecular Hbond substituents is 3. The number of hydrogen-bond donors (Lipinski definition) is 19. The molecule has 0 saturated carbocycles. The van der Waals surface area contributed by atoms with Crippen LogP contribution >= 0.6 is 23.2 Å². The van der Waals surface area contributed by atoms with Crippen molar-refractivity contribution in [2.75, 3.05) is 26.7 Å². The van der Waals surface area contributed by atoms with E-state index in [1.165, 1.54) is 25.2 Å². The number of ether oxygens (including phenoxy) is 4. The number of aromatic hydroxyl groups is 3. The highest BCUT2D eigenvalue weighted by Gasteiger charge is 2.47. The van der Waals surface area contributed by atoms with Gasteiger partial charge in [0.25, 0.3) is 5.91 Å². The molecule has 20 N–H and O–H groups in total. The first-order chi connectivity index (χ1) is 55.0. The first-order valence-corrected chi connectivity index (χ1v) is 37.2. The van der Waals surface area contributed by atoms with Crippen molar-refractivity contribution >= 4 is 76.4 Å². The fourth-order valence-corrected chi connectivity index (χ4v) is 14.2. The van der Waals surface area contributed by atoms with Crippen molar-refractivity contribution < 1.29 is 108 Å². The number of carbonyl (C=O) groups excluding carboxylic acids is 9. The minimum absolute atomic E-state index is 0.00318. The van der Waals surface area contributed by atoms with Gasteiger partial charge in [0, 0.05) is 35.8 Å². The van der Waals surface area contributed by atoms with Gasteiger partial charge in [-0.05, 0) is 143 Å². The second-order valence-electron chi connectivity index (χ2n) is 28.3. The molecular formula is C81H82Cl2N10O22. The van der Waals surface area contributed by atoms with Crippen LogP contribution in [0.1, 0.15) is 102 Å². The maximum absolute atomic E-state index is 16.1.